The summed E-state index contributed by atoms with van der Waals surface area (Å²) in [5.74, 6) is 0.811. The van der Waals surface area contributed by atoms with Crippen LogP contribution in [0.15, 0.2) is 48.5 Å². The molecule has 0 saturated carbocycles. The third-order valence-corrected chi connectivity index (χ3v) is 4.24. The molecule has 8 heteroatoms. The molecule has 30 heavy (non-hydrogen) atoms. The van der Waals surface area contributed by atoms with Crippen molar-refractivity contribution in [2.75, 3.05) is 20.3 Å². The van der Waals surface area contributed by atoms with Crippen LogP contribution in [0.25, 0.3) is 16.6 Å². The Morgan fingerprint density at radius 2 is 1.53 bits per heavy atom. The van der Waals surface area contributed by atoms with E-state index in [0.29, 0.717) is 13.2 Å². The first kappa shape index (κ1) is 27.5. The fraction of sp³-hybridized carbons (Fsp3) is 0.227. The van der Waals surface area contributed by atoms with E-state index in [1.807, 2.05) is 18.2 Å². The number of methoxy groups -OCH3 is 1. The summed E-state index contributed by atoms with van der Waals surface area (Å²) in [5, 5.41) is 1.20. The zero-order valence-corrected chi connectivity index (χ0v) is 17.7. The zero-order chi connectivity index (χ0) is 21.8. The normalized spacial score (nSPS) is 12.0. The molecule has 0 aliphatic carbocycles. The van der Waals surface area contributed by atoms with Gasteiger partial charge in [-0.05, 0) is 25.1 Å². The number of para-hydroxylation sites is 2. The molecule has 2 aromatic carbocycles. The molecule has 0 unspecified atom stereocenters. The summed E-state index contributed by atoms with van der Waals surface area (Å²) in [5.41, 5.74) is 4.27. The molecule has 1 aliphatic rings. The molecule has 1 aliphatic heterocycles. The molecule has 0 atom stereocenters. The first-order valence-corrected chi connectivity index (χ1v) is 8.38. The van der Waals surface area contributed by atoms with Crippen LogP contribution >= 0.6 is 0 Å². The second-order valence-electron chi connectivity index (χ2n) is 5.65. The van der Waals surface area contributed by atoms with E-state index in [1.54, 1.807) is 7.11 Å². The predicted molar refractivity (Wildman–Crippen MR) is 101 cm³/mol. The summed E-state index contributed by atoms with van der Waals surface area (Å²) in [7, 11) is 1.69. The minimum absolute atomic E-state index is 0. The van der Waals surface area contributed by atoms with Crippen LogP contribution in [0.1, 0.15) is 17.5 Å². The molecule has 0 bridgehead atoms. The molecular weight excluding hydrogens is 426 g/mol. The number of benzene rings is 2. The van der Waals surface area contributed by atoms with Crippen LogP contribution < -0.4 is 4.74 Å². The minimum atomic E-state index is -0.347. The van der Waals surface area contributed by atoms with Gasteiger partial charge in [0.05, 0.1) is 31.5 Å². The van der Waals surface area contributed by atoms with Crippen LogP contribution in [0, 0.1) is 26.9 Å². The average molecular weight is 445 g/mol. The van der Waals surface area contributed by atoms with Gasteiger partial charge in [0.1, 0.15) is 5.75 Å². The average Bonchev–Trinajstić information content (AvgIpc) is 3.45. The van der Waals surface area contributed by atoms with Crippen LogP contribution in [-0.2, 0) is 40.8 Å². The van der Waals surface area contributed by atoms with Crippen molar-refractivity contribution in [2.24, 2.45) is 0 Å². The van der Waals surface area contributed by atoms with E-state index in [9.17, 15) is 0 Å². The van der Waals surface area contributed by atoms with E-state index in [4.69, 9.17) is 28.2 Å². The molecule has 1 aromatic heterocycles. The van der Waals surface area contributed by atoms with Crippen molar-refractivity contribution < 1.29 is 45.5 Å². The fourth-order valence-corrected chi connectivity index (χ4v) is 3.26. The third kappa shape index (κ3) is 5.75. The minimum Gasteiger partial charge on any atom is 0 e. The Balaban J connectivity index is 0.00000111. The van der Waals surface area contributed by atoms with E-state index in [2.05, 4.69) is 61.8 Å². The van der Waals surface area contributed by atoms with Crippen molar-refractivity contribution in [1.29, 1.82) is 0 Å². The van der Waals surface area contributed by atoms with Crippen molar-refractivity contribution in [1.82, 2.24) is 4.57 Å². The number of aryl methyl sites for hydroxylation is 1. The van der Waals surface area contributed by atoms with Gasteiger partial charge in [-0.25, -0.2) is 0 Å². The van der Waals surface area contributed by atoms with Crippen molar-refractivity contribution in [2.45, 2.75) is 13.2 Å². The van der Waals surface area contributed by atoms with Crippen molar-refractivity contribution in [3.63, 3.8) is 0 Å². The van der Waals surface area contributed by atoms with Gasteiger partial charge in [-0.3, -0.25) is 0 Å². The molecule has 1 saturated heterocycles. The van der Waals surface area contributed by atoms with Crippen LogP contribution in [-0.4, -0.2) is 24.9 Å². The second kappa shape index (κ2) is 14.4. The Morgan fingerprint density at radius 3 is 2.13 bits per heavy atom. The standard InChI is InChI=1S/C19H19NO3.3CO.Cr/c1-13-12-14-6-3-4-8-16(14)20(13)18-15(19-22-10-11-23-19)7-5-9-17(18)21-2;3*1-2;/h3-9,12,19H,10-11H2,1-2H3;;;;. The van der Waals surface area contributed by atoms with Crippen molar-refractivity contribution in [3.05, 3.63) is 79.7 Å². The number of nitrogens with zero attached hydrogens (tertiary/aromatic N) is 1. The van der Waals surface area contributed by atoms with Crippen LogP contribution in [0.2, 0.25) is 0 Å². The summed E-state index contributed by atoms with van der Waals surface area (Å²) < 4.78 is 41.8. The maximum Gasteiger partial charge on any atom is 0 e. The number of ether oxygens (including phenoxy) is 3. The largest absolute Gasteiger partial charge is 0 e. The molecule has 154 valence electrons. The molecule has 1 fully saturated rings. The Labute approximate surface area is 185 Å². The number of rotatable bonds is 3. The first-order chi connectivity index (χ1) is 14.3. The van der Waals surface area contributed by atoms with Crippen LogP contribution in [0.5, 0.6) is 5.75 Å². The summed E-state index contributed by atoms with van der Waals surface area (Å²) in [6, 6.07) is 16.5. The topological polar surface area (TPSA) is 92.3 Å². The summed E-state index contributed by atoms with van der Waals surface area (Å²) in [6.07, 6.45) is -0.347. The number of hydrogen-bond donors (Lipinski definition) is 0. The van der Waals surface area contributed by atoms with E-state index in [1.165, 1.54) is 5.39 Å². The van der Waals surface area contributed by atoms with Gasteiger partial charge in [-0.1, -0.05) is 30.3 Å². The van der Waals surface area contributed by atoms with Crippen LogP contribution in [0.4, 0.5) is 0 Å². The van der Waals surface area contributed by atoms with Gasteiger partial charge >= 0.3 is 33.9 Å². The Bertz CT molecular complexity index is 972. The second-order valence-corrected chi connectivity index (χ2v) is 5.65. The Kier molecular flexibility index (Phi) is 13.2. The Morgan fingerprint density at radius 1 is 0.933 bits per heavy atom. The summed E-state index contributed by atoms with van der Waals surface area (Å²) >= 11 is 0. The summed E-state index contributed by atoms with van der Waals surface area (Å²) in [4.78, 5) is 0. The van der Waals surface area contributed by atoms with Crippen LogP contribution in [0.3, 0.4) is 0 Å². The summed E-state index contributed by atoms with van der Waals surface area (Å²) in [6.45, 7) is 16.8. The van der Waals surface area contributed by atoms with Gasteiger partial charge in [0, 0.05) is 34.0 Å². The van der Waals surface area contributed by atoms with E-state index < -0.39 is 0 Å². The van der Waals surface area contributed by atoms with Gasteiger partial charge in [0.25, 0.3) is 0 Å². The molecule has 0 spiro atoms. The van der Waals surface area contributed by atoms with E-state index in [-0.39, 0.29) is 23.7 Å². The van der Waals surface area contributed by atoms with Crippen molar-refractivity contribution >= 4 is 10.9 Å². The molecule has 4 rings (SSSR count). The maximum absolute atomic E-state index is 7.50. The SMILES string of the molecule is COc1cccc(C2OCCO2)c1-n1c(C)cc2ccccc21.[C-]#[O+].[C-]#[O+].[C-]#[O+].[Cr]. The number of aromatic nitrogens is 1. The molecule has 0 amide bonds. The molecule has 3 aromatic rings. The van der Waals surface area contributed by atoms with Gasteiger partial charge in [0.2, 0.25) is 0 Å². The zero-order valence-electron chi connectivity index (χ0n) is 16.4. The molecule has 7 nitrogen and oxygen atoms in total. The molecule has 2 heterocycles. The quantitative estimate of drug-likeness (QED) is 0.453. The molecule has 0 radical (unpaired) electrons. The fourth-order valence-electron chi connectivity index (χ4n) is 3.26. The number of hydrogen-bond acceptors (Lipinski definition) is 3. The van der Waals surface area contributed by atoms with Gasteiger partial charge in [0.15, 0.2) is 6.29 Å². The van der Waals surface area contributed by atoms with Gasteiger partial charge < -0.3 is 18.8 Å². The number of fused-ring (bicyclic) bond motifs is 1. The van der Waals surface area contributed by atoms with Gasteiger partial charge in [-0.15, -0.1) is 0 Å². The predicted octanol–water partition coefficient (Wildman–Crippen LogP) is 3.88. The Hall–Kier alpha value is -2.55. The van der Waals surface area contributed by atoms with Gasteiger partial charge in [-0.2, -0.15) is 0 Å². The smallest absolute Gasteiger partial charge is 0 e. The molecule has 0 N–H and O–H groups in total. The molecular formula is C22H19CrNO6. The van der Waals surface area contributed by atoms with E-state index >= 15 is 0 Å². The maximum atomic E-state index is 7.50. The third-order valence-electron chi connectivity index (χ3n) is 4.24. The monoisotopic (exact) mass is 445 g/mol. The van der Waals surface area contributed by atoms with E-state index in [0.717, 1.165) is 28.2 Å². The van der Waals surface area contributed by atoms with Crippen molar-refractivity contribution in [3.8, 4) is 11.4 Å². The first-order valence-electron chi connectivity index (χ1n) is 8.38.